The number of hydrogen-bond donors (Lipinski definition) is 4. The van der Waals surface area contributed by atoms with Gasteiger partial charge >= 0.3 is 0 Å². The summed E-state index contributed by atoms with van der Waals surface area (Å²) in [4.78, 5) is 26.4. The average Bonchev–Trinajstić information content (AvgIpc) is 3.33. The number of phenols is 1. The zero-order chi connectivity index (χ0) is 28.8. The van der Waals surface area contributed by atoms with E-state index in [-0.39, 0.29) is 23.3 Å². The SMILES string of the molecule is N=C(N)CCCCn1c(C(=O)Nc2cccc3ccccc23)cc2cc(CC(=O)CCc3ccc(O)cc3)ccc21. The van der Waals surface area contributed by atoms with Crippen molar-refractivity contribution >= 4 is 44.9 Å². The third-order valence-corrected chi connectivity index (χ3v) is 7.34. The van der Waals surface area contributed by atoms with Gasteiger partial charge in [-0.2, -0.15) is 0 Å². The number of Topliss-reactive ketones (excluding diaryl/α,β-unsaturated/α-hetero) is 1. The molecule has 7 heteroatoms. The zero-order valence-electron chi connectivity index (χ0n) is 22.9. The third kappa shape index (κ3) is 6.81. The molecule has 1 amide bonds. The second kappa shape index (κ2) is 12.5. The molecule has 0 aliphatic rings. The van der Waals surface area contributed by atoms with Crippen LogP contribution in [0.15, 0.2) is 91.0 Å². The maximum absolute atomic E-state index is 13.6. The van der Waals surface area contributed by atoms with E-state index in [1.54, 1.807) is 12.1 Å². The maximum Gasteiger partial charge on any atom is 0.272 e. The Balaban J connectivity index is 1.37. The molecule has 1 aromatic heterocycles. The number of aromatic hydroxyl groups is 1. The van der Waals surface area contributed by atoms with E-state index in [9.17, 15) is 14.7 Å². The quantitative estimate of drug-likeness (QED) is 0.0800. The molecule has 0 unspecified atom stereocenters. The van der Waals surface area contributed by atoms with Crippen molar-refractivity contribution in [1.29, 1.82) is 5.41 Å². The predicted octanol–water partition coefficient (Wildman–Crippen LogP) is 6.60. The molecule has 0 radical (unpaired) electrons. The smallest absolute Gasteiger partial charge is 0.272 e. The van der Waals surface area contributed by atoms with Gasteiger partial charge in [0.1, 0.15) is 17.2 Å². The number of carbonyl (C=O) groups excluding carboxylic acids is 2. The van der Waals surface area contributed by atoms with Crippen LogP contribution >= 0.6 is 0 Å². The number of anilines is 1. The molecule has 0 saturated carbocycles. The summed E-state index contributed by atoms with van der Waals surface area (Å²) in [6.45, 7) is 0.611. The number of carbonyl (C=O) groups is 2. The van der Waals surface area contributed by atoms with Gasteiger partial charge in [0.05, 0.1) is 5.84 Å². The van der Waals surface area contributed by atoms with Gasteiger partial charge in [-0.05, 0) is 72.2 Å². The Kier molecular flexibility index (Phi) is 8.44. The van der Waals surface area contributed by atoms with Gasteiger partial charge in [0, 0.05) is 47.8 Å². The Morgan fingerprint density at radius 2 is 1.59 bits per heavy atom. The van der Waals surface area contributed by atoms with E-state index in [1.165, 1.54) is 0 Å². The highest BCUT2D eigenvalue weighted by molar-refractivity contribution is 6.10. The van der Waals surface area contributed by atoms with Gasteiger partial charge in [-0.1, -0.05) is 54.6 Å². The Morgan fingerprint density at radius 3 is 2.39 bits per heavy atom. The third-order valence-electron chi connectivity index (χ3n) is 7.34. The number of unbranched alkanes of at least 4 members (excludes halogenated alkanes) is 1. The minimum Gasteiger partial charge on any atom is -0.508 e. The number of aromatic nitrogens is 1. The number of ketones is 1. The lowest BCUT2D eigenvalue weighted by atomic mass is 10.0. The molecule has 1 heterocycles. The Labute approximate surface area is 239 Å². The van der Waals surface area contributed by atoms with Crippen LogP contribution in [0.2, 0.25) is 0 Å². The van der Waals surface area contributed by atoms with Crippen LogP contribution in [0.4, 0.5) is 5.69 Å². The topological polar surface area (TPSA) is 121 Å². The van der Waals surface area contributed by atoms with Crippen molar-refractivity contribution in [2.75, 3.05) is 5.32 Å². The predicted molar refractivity (Wildman–Crippen MR) is 165 cm³/mol. The van der Waals surface area contributed by atoms with Gasteiger partial charge < -0.3 is 20.7 Å². The van der Waals surface area contributed by atoms with Crippen LogP contribution in [0.5, 0.6) is 5.75 Å². The number of hydrogen-bond acceptors (Lipinski definition) is 4. The first-order chi connectivity index (χ1) is 19.9. The van der Waals surface area contributed by atoms with E-state index in [1.807, 2.05) is 83.4 Å². The van der Waals surface area contributed by atoms with Crippen molar-refractivity contribution in [3.05, 3.63) is 108 Å². The first kappa shape index (κ1) is 27.6. The second-order valence-corrected chi connectivity index (χ2v) is 10.4. The zero-order valence-corrected chi connectivity index (χ0v) is 22.9. The molecular weight excluding hydrogens is 512 g/mol. The van der Waals surface area contributed by atoms with Gasteiger partial charge in [-0.25, -0.2) is 0 Å². The molecule has 0 aliphatic heterocycles. The summed E-state index contributed by atoms with van der Waals surface area (Å²) in [7, 11) is 0. The summed E-state index contributed by atoms with van der Waals surface area (Å²) < 4.78 is 2.02. The van der Waals surface area contributed by atoms with Crippen molar-refractivity contribution in [3.8, 4) is 5.75 Å². The van der Waals surface area contributed by atoms with Crippen LogP contribution in [0.25, 0.3) is 21.7 Å². The number of amidine groups is 1. The highest BCUT2D eigenvalue weighted by Gasteiger charge is 2.18. The van der Waals surface area contributed by atoms with Crippen molar-refractivity contribution in [1.82, 2.24) is 4.57 Å². The molecule has 5 N–H and O–H groups in total. The first-order valence-electron chi connectivity index (χ1n) is 13.9. The van der Waals surface area contributed by atoms with Crippen molar-refractivity contribution in [2.24, 2.45) is 5.73 Å². The number of nitrogens with one attached hydrogen (secondary N) is 2. The van der Waals surface area contributed by atoms with E-state index >= 15 is 0 Å². The lowest BCUT2D eigenvalue weighted by Gasteiger charge is -2.13. The average molecular weight is 547 g/mol. The highest BCUT2D eigenvalue weighted by atomic mass is 16.3. The van der Waals surface area contributed by atoms with Gasteiger partial charge in [-0.15, -0.1) is 0 Å². The van der Waals surface area contributed by atoms with Crippen LogP contribution in [-0.4, -0.2) is 27.2 Å². The van der Waals surface area contributed by atoms with Gasteiger partial charge in [-0.3, -0.25) is 15.0 Å². The van der Waals surface area contributed by atoms with Gasteiger partial charge in [0.25, 0.3) is 5.91 Å². The van der Waals surface area contributed by atoms with Crippen LogP contribution in [0, 0.1) is 5.41 Å². The number of aryl methyl sites for hydroxylation is 2. The van der Waals surface area contributed by atoms with E-state index in [0.717, 1.165) is 51.3 Å². The van der Waals surface area contributed by atoms with Crippen molar-refractivity contribution in [2.45, 2.75) is 45.1 Å². The molecule has 208 valence electrons. The summed E-state index contributed by atoms with van der Waals surface area (Å²) in [6.07, 6.45) is 3.40. The summed E-state index contributed by atoms with van der Waals surface area (Å²) >= 11 is 0. The number of fused-ring (bicyclic) bond motifs is 2. The lowest BCUT2D eigenvalue weighted by Crippen LogP contribution is -2.17. The fraction of sp³-hybridized carbons (Fsp3) is 0.206. The van der Waals surface area contributed by atoms with Crippen molar-refractivity contribution < 1.29 is 14.7 Å². The number of nitrogens with zero attached hydrogens (tertiary/aromatic N) is 1. The largest absolute Gasteiger partial charge is 0.508 e. The fourth-order valence-electron chi connectivity index (χ4n) is 5.23. The standard InChI is InChI=1S/C34H34N4O3/c35-33(36)10-3-4-19-38-31-18-14-24(21-28(40)17-13-23-11-15-27(39)16-12-23)20-26(31)22-32(38)34(41)37-30-9-5-7-25-6-1-2-8-29(25)30/h1-2,5-9,11-12,14-16,18,20,22,39H,3-4,10,13,17,19,21H2,(H3,35,36)(H,37,41). The molecular formula is C34H34N4O3. The minimum atomic E-state index is -0.198. The van der Waals surface area contributed by atoms with Crippen LogP contribution in [0.1, 0.15) is 47.3 Å². The van der Waals surface area contributed by atoms with Gasteiger partial charge in [0.15, 0.2) is 0 Å². The maximum atomic E-state index is 13.6. The van der Waals surface area contributed by atoms with E-state index in [2.05, 4.69) is 5.32 Å². The van der Waals surface area contributed by atoms with E-state index in [0.29, 0.717) is 37.9 Å². The molecule has 5 aromatic rings. The minimum absolute atomic E-state index is 0.134. The number of rotatable bonds is 12. The lowest BCUT2D eigenvalue weighted by molar-refractivity contribution is -0.118. The van der Waals surface area contributed by atoms with Gasteiger partial charge in [0.2, 0.25) is 0 Å². The molecule has 0 fully saturated rings. The summed E-state index contributed by atoms with van der Waals surface area (Å²) in [5.41, 5.74) is 9.68. The molecule has 0 bridgehead atoms. The Bertz CT molecular complexity index is 1710. The molecule has 4 aromatic carbocycles. The van der Waals surface area contributed by atoms with E-state index in [4.69, 9.17) is 11.1 Å². The number of phenolic OH excluding ortho intramolecular Hbond substituents is 1. The van der Waals surface area contributed by atoms with Crippen LogP contribution in [0.3, 0.4) is 0 Å². The summed E-state index contributed by atoms with van der Waals surface area (Å²) in [5, 5.41) is 23.0. The molecule has 0 spiro atoms. The first-order valence-corrected chi connectivity index (χ1v) is 13.9. The van der Waals surface area contributed by atoms with E-state index < -0.39 is 0 Å². The highest BCUT2D eigenvalue weighted by Crippen LogP contribution is 2.27. The molecule has 5 rings (SSSR count). The number of benzene rings is 4. The molecule has 41 heavy (non-hydrogen) atoms. The molecule has 0 atom stereocenters. The van der Waals surface area contributed by atoms with Crippen LogP contribution < -0.4 is 11.1 Å². The number of amides is 1. The normalized spacial score (nSPS) is 11.1. The molecule has 0 saturated heterocycles. The summed E-state index contributed by atoms with van der Waals surface area (Å²) in [6, 6.07) is 28.6. The summed E-state index contributed by atoms with van der Waals surface area (Å²) in [5.74, 6) is 0.311. The molecule has 0 aliphatic carbocycles. The second-order valence-electron chi connectivity index (χ2n) is 10.4. The Morgan fingerprint density at radius 1 is 0.829 bits per heavy atom. The van der Waals surface area contributed by atoms with Crippen molar-refractivity contribution in [3.63, 3.8) is 0 Å². The molecule has 7 nitrogen and oxygen atoms in total. The fourth-order valence-corrected chi connectivity index (χ4v) is 5.23. The van der Waals surface area contributed by atoms with Crippen LogP contribution in [-0.2, 0) is 24.2 Å². The Hall–Kier alpha value is -4.91. The number of nitrogens with two attached hydrogens (primary N) is 1. The monoisotopic (exact) mass is 546 g/mol.